The lowest BCUT2D eigenvalue weighted by Gasteiger charge is -1.98. The van der Waals surface area contributed by atoms with Crippen LogP contribution in [0.15, 0.2) is 0 Å². The van der Waals surface area contributed by atoms with Gasteiger partial charge >= 0.3 is 0 Å². The van der Waals surface area contributed by atoms with E-state index < -0.39 is 0 Å². The van der Waals surface area contributed by atoms with Gasteiger partial charge in [0.25, 0.3) is 0 Å². The first-order valence-corrected chi connectivity index (χ1v) is 4.15. The maximum absolute atomic E-state index is 8.33. The molecule has 0 aliphatic heterocycles. The van der Waals surface area contributed by atoms with Gasteiger partial charge in [0.15, 0.2) is 0 Å². The molecule has 0 aliphatic carbocycles. The van der Waals surface area contributed by atoms with Gasteiger partial charge in [-0.1, -0.05) is 41.0 Å². The molecule has 0 heterocycles. The Morgan fingerprint density at radius 1 is 1.10 bits per heavy atom. The zero-order valence-electron chi connectivity index (χ0n) is 8.02. The third-order valence-corrected chi connectivity index (χ3v) is 1.01. The monoisotopic (exact) mass is 146 g/mol. The Morgan fingerprint density at radius 2 is 1.40 bits per heavy atom. The van der Waals surface area contributed by atoms with Crippen LogP contribution < -0.4 is 0 Å². The topological polar surface area (TPSA) is 20.2 Å². The summed E-state index contributed by atoms with van der Waals surface area (Å²) < 4.78 is 0. The Labute approximate surface area is 65.5 Å². The first-order chi connectivity index (χ1) is 4.54. The Balaban J connectivity index is 0. The van der Waals surface area contributed by atoms with Crippen molar-refractivity contribution >= 4 is 0 Å². The molecule has 0 bridgehead atoms. The Hall–Kier alpha value is -0.0400. The summed E-state index contributed by atoms with van der Waals surface area (Å²) in [7, 11) is 0. The molecule has 0 rings (SSSR count). The van der Waals surface area contributed by atoms with Crippen molar-refractivity contribution in [2.75, 3.05) is 6.61 Å². The van der Waals surface area contributed by atoms with Gasteiger partial charge in [-0.25, -0.2) is 0 Å². The number of rotatable bonds is 2. The predicted octanol–water partition coefficient (Wildman–Crippen LogP) is 2.69. The standard InChI is InChI=1S/C5H12O.C4H10/c1-3-5(2)4-6;1-4(2)3/h5-6H,3-4H2,1-2H3;4H,1-3H3. The van der Waals surface area contributed by atoms with Crippen molar-refractivity contribution < 1.29 is 5.11 Å². The van der Waals surface area contributed by atoms with Gasteiger partial charge in [0, 0.05) is 6.61 Å². The average molecular weight is 146 g/mol. The van der Waals surface area contributed by atoms with Crippen LogP contribution in [0.4, 0.5) is 0 Å². The Morgan fingerprint density at radius 3 is 1.40 bits per heavy atom. The highest BCUT2D eigenvalue weighted by molar-refractivity contribution is 4.41. The maximum atomic E-state index is 8.33. The van der Waals surface area contributed by atoms with Gasteiger partial charge < -0.3 is 5.11 Å². The van der Waals surface area contributed by atoms with Crippen LogP contribution in [0.5, 0.6) is 0 Å². The van der Waals surface area contributed by atoms with Crippen LogP contribution in [-0.2, 0) is 0 Å². The van der Waals surface area contributed by atoms with Gasteiger partial charge in [-0.15, -0.1) is 0 Å². The highest BCUT2D eigenvalue weighted by Gasteiger charge is 1.90. The second-order valence-corrected chi connectivity index (χ2v) is 3.43. The molecular weight excluding hydrogens is 124 g/mol. The molecule has 0 spiro atoms. The molecule has 1 nitrogen and oxygen atoms in total. The minimum atomic E-state index is 0.330. The van der Waals surface area contributed by atoms with E-state index in [9.17, 15) is 0 Å². The minimum Gasteiger partial charge on any atom is -0.396 e. The largest absolute Gasteiger partial charge is 0.396 e. The summed E-state index contributed by atoms with van der Waals surface area (Å²) in [6.45, 7) is 10.9. The summed E-state index contributed by atoms with van der Waals surface area (Å²) in [6, 6.07) is 0. The van der Waals surface area contributed by atoms with Crippen LogP contribution >= 0.6 is 0 Å². The van der Waals surface area contributed by atoms with Crippen LogP contribution in [0.25, 0.3) is 0 Å². The van der Waals surface area contributed by atoms with E-state index in [1.165, 1.54) is 0 Å². The lowest BCUT2D eigenvalue weighted by molar-refractivity contribution is 0.234. The lowest BCUT2D eigenvalue weighted by Crippen LogP contribution is -1.96. The van der Waals surface area contributed by atoms with Crippen molar-refractivity contribution in [2.45, 2.75) is 41.0 Å². The number of aliphatic hydroxyl groups excluding tert-OH is 1. The summed E-state index contributed by atoms with van der Waals surface area (Å²) in [5.74, 6) is 1.32. The molecule has 0 aromatic rings. The van der Waals surface area contributed by atoms with Crippen LogP contribution in [-0.4, -0.2) is 11.7 Å². The highest BCUT2D eigenvalue weighted by atomic mass is 16.3. The van der Waals surface area contributed by atoms with Gasteiger partial charge in [-0.05, 0) is 11.8 Å². The van der Waals surface area contributed by atoms with Crippen LogP contribution in [0.3, 0.4) is 0 Å². The molecule has 0 fully saturated rings. The first kappa shape index (κ1) is 12.6. The predicted molar refractivity (Wildman–Crippen MR) is 47.1 cm³/mol. The zero-order valence-corrected chi connectivity index (χ0v) is 8.02. The summed E-state index contributed by atoms with van der Waals surface area (Å²) in [6.07, 6.45) is 1.08. The summed E-state index contributed by atoms with van der Waals surface area (Å²) >= 11 is 0. The molecule has 0 aliphatic rings. The van der Waals surface area contributed by atoms with E-state index in [4.69, 9.17) is 5.11 Å². The van der Waals surface area contributed by atoms with E-state index >= 15 is 0 Å². The molecule has 0 aromatic heterocycles. The molecular formula is C9H22O. The van der Waals surface area contributed by atoms with Gasteiger partial charge in [-0.3, -0.25) is 0 Å². The number of hydrogen-bond acceptors (Lipinski definition) is 1. The summed E-state index contributed by atoms with van der Waals surface area (Å²) in [5.41, 5.74) is 0. The fraction of sp³-hybridized carbons (Fsp3) is 1.00. The van der Waals surface area contributed by atoms with Crippen LogP contribution in [0.1, 0.15) is 41.0 Å². The van der Waals surface area contributed by atoms with Crippen molar-refractivity contribution in [2.24, 2.45) is 11.8 Å². The molecule has 10 heavy (non-hydrogen) atoms. The number of hydrogen-bond donors (Lipinski definition) is 1. The van der Waals surface area contributed by atoms with Gasteiger partial charge in [-0.2, -0.15) is 0 Å². The SMILES string of the molecule is CC(C)C.CCC(C)CO. The van der Waals surface area contributed by atoms with E-state index in [0.717, 1.165) is 12.3 Å². The minimum absolute atomic E-state index is 0.330. The maximum Gasteiger partial charge on any atom is 0.0456 e. The fourth-order valence-electron chi connectivity index (χ4n) is 0.129. The molecule has 0 radical (unpaired) electrons. The van der Waals surface area contributed by atoms with Crippen molar-refractivity contribution in [3.63, 3.8) is 0 Å². The van der Waals surface area contributed by atoms with Crippen LogP contribution in [0.2, 0.25) is 0 Å². The smallest absolute Gasteiger partial charge is 0.0456 e. The third kappa shape index (κ3) is 24.6. The van der Waals surface area contributed by atoms with Gasteiger partial charge in [0.05, 0.1) is 0 Å². The second-order valence-electron chi connectivity index (χ2n) is 3.43. The molecule has 0 saturated heterocycles. The lowest BCUT2D eigenvalue weighted by atomic mass is 10.1. The zero-order chi connectivity index (χ0) is 8.57. The average Bonchev–Trinajstić information content (AvgIpc) is 1.85. The van der Waals surface area contributed by atoms with E-state index in [0.29, 0.717) is 12.5 Å². The molecule has 1 atom stereocenters. The third-order valence-electron chi connectivity index (χ3n) is 1.01. The first-order valence-electron chi connectivity index (χ1n) is 4.15. The molecule has 0 aromatic carbocycles. The quantitative estimate of drug-likeness (QED) is 0.635. The molecule has 1 unspecified atom stereocenters. The highest BCUT2D eigenvalue weighted by Crippen LogP contribution is 1.95. The normalized spacial score (nSPS) is 12.3. The molecule has 0 saturated carbocycles. The summed E-state index contributed by atoms with van der Waals surface area (Å²) in [5, 5.41) is 8.33. The molecule has 1 N–H and O–H groups in total. The summed E-state index contributed by atoms with van der Waals surface area (Å²) in [4.78, 5) is 0. The Bertz CT molecular complexity index is 43.9. The van der Waals surface area contributed by atoms with E-state index in [-0.39, 0.29) is 0 Å². The van der Waals surface area contributed by atoms with Crippen molar-refractivity contribution in [3.05, 3.63) is 0 Å². The van der Waals surface area contributed by atoms with Crippen LogP contribution in [0, 0.1) is 11.8 Å². The Kier molecular flexibility index (Phi) is 11.3. The van der Waals surface area contributed by atoms with E-state index in [2.05, 4.69) is 27.7 Å². The van der Waals surface area contributed by atoms with Crippen molar-refractivity contribution in [1.82, 2.24) is 0 Å². The van der Waals surface area contributed by atoms with E-state index in [1.54, 1.807) is 0 Å². The van der Waals surface area contributed by atoms with Crippen molar-refractivity contribution in [1.29, 1.82) is 0 Å². The van der Waals surface area contributed by atoms with Crippen molar-refractivity contribution in [3.8, 4) is 0 Å². The van der Waals surface area contributed by atoms with Gasteiger partial charge in [0.2, 0.25) is 0 Å². The molecule has 0 amide bonds. The number of aliphatic hydroxyl groups is 1. The van der Waals surface area contributed by atoms with Gasteiger partial charge in [0.1, 0.15) is 0 Å². The molecule has 1 heteroatoms. The second kappa shape index (κ2) is 8.96. The molecule has 64 valence electrons. The fourth-order valence-corrected chi connectivity index (χ4v) is 0.129. The van der Waals surface area contributed by atoms with E-state index in [1.807, 2.05) is 6.92 Å².